The fourth-order valence-corrected chi connectivity index (χ4v) is 4.51. The van der Waals surface area contributed by atoms with Crippen LogP contribution in [0.5, 0.6) is 23.0 Å². The summed E-state index contributed by atoms with van der Waals surface area (Å²) in [6, 6.07) is 26.3. The Labute approximate surface area is 247 Å². The highest BCUT2D eigenvalue weighted by Crippen LogP contribution is 2.43. The fourth-order valence-electron chi connectivity index (χ4n) is 4.51. The van der Waals surface area contributed by atoms with Gasteiger partial charge in [0.25, 0.3) is 0 Å². The molecule has 6 nitrogen and oxygen atoms in total. The first-order valence-corrected chi connectivity index (χ1v) is 13.8. The molecule has 0 aliphatic carbocycles. The third-order valence-corrected chi connectivity index (χ3v) is 6.79. The van der Waals surface area contributed by atoms with Gasteiger partial charge in [-0.25, -0.2) is 0 Å². The first-order valence-electron chi connectivity index (χ1n) is 13.8. The quantitative estimate of drug-likeness (QED) is 0.121. The van der Waals surface area contributed by atoms with Crippen LogP contribution in [0.2, 0.25) is 0 Å². The molecular weight excluding hydrogens is 528 g/mol. The molecule has 0 spiro atoms. The highest BCUT2D eigenvalue weighted by Gasteiger charge is 2.26. The van der Waals surface area contributed by atoms with Gasteiger partial charge in [-0.1, -0.05) is 81.1 Å². The van der Waals surface area contributed by atoms with Crippen LogP contribution in [0.15, 0.2) is 97.1 Å². The molecule has 4 rings (SSSR count). The largest absolute Gasteiger partial charge is 0.493 e. The minimum atomic E-state index is -0.308. The zero-order chi connectivity index (χ0) is 30.2. The number of rotatable bonds is 13. The molecule has 0 radical (unpaired) electrons. The van der Waals surface area contributed by atoms with Crippen molar-refractivity contribution in [2.75, 3.05) is 14.2 Å². The average molecular weight is 565 g/mol. The van der Waals surface area contributed by atoms with Gasteiger partial charge in [0.15, 0.2) is 34.6 Å². The summed E-state index contributed by atoms with van der Waals surface area (Å²) < 4.78 is 23.7. The highest BCUT2D eigenvalue weighted by atomic mass is 16.5. The molecule has 0 N–H and O–H groups in total. The van der Waals surface area contributed by atoms with Crippen LogP contribution in [0.3, 0.4) is 0 Å². The Morgan fingerprint density at radius 1 is 0.667 bits per heavy atom. The molecule has 4 aromatic rings. The lowest BCUT2D eigenvalue weighted by molar-refractivity contribution is 0.0938. The van der Waals surface area contributed by atoms with Gasteiger partial charge in [-0.15, -0.1) is 0 Å². The lowest BCUT2D eigenvalue weighted by atomic mass is 9.87. The van der Waals surface area contributed by atoms with Crippen molar-refractivity contribution in [3.05, 3.63) is 119 Å². The van der Waals surface area contributed by atoms with Crippen LogP contribution in [0.25, 0.3) is 11.1 Å². The first-order chi connectivity index (χ1) is 20.2. The van der Waals surface area contributed by atoms with Crippen LogP contribution >= 0.6 is 0 Å². The third-order valence-electron chi connectivity index (χ3n) is 6.79. The van der Waals surface area contributed by atoms with Gasteiger partial charge < -0.3 is 18.9 Å². The van der Waals surface area contributed by atoms with E-state index in [-0.39, 0.29) is 24.1 Å². The van der Waals surface area contributed by atoms with E-state index in [2.05, 4.69) is 6.58 Å². The number of ketones is 2. The maximum Gasteiger partial charge on any atom is 0.188 e. The maximum absolute atomic E-state index is 13.6. The zero-order valence-corrected chi connectivity index (χ0v) is 24.7. The van der Waals surface area contributed by atoms with Crippen molar-refractivity contribution in [3.8, 4) is 34.1 Å². The Kier molecular flexibility index (Phi) is 9.81. The van der Waals surface area contributed by atoms with Crippen molar-refractivity contribution < 1.29 is 28.5 Å². The van der Waals surface area contributed by atoms with Gasteiger partial charge in [0.05, 0.1) is 14.2 Å². The molecule has 0 bridgehead atoms. The van der Waals surface area contributed by atoms with Crippen molar-refractivity contribution in [1.29, 1.82) is 0 Å². The number of benzene rings is 4. The minimum absolute atomic E-state index is 0.103. The molecule has 216 valence electrons. The molecule has 6 heteroatoms. The van der Waals surface area contributed by atoms with Gasteiger partial charge >= 0.3 is 0 Å². The molecule has 0 saturated carbocycles. The average Bonchev–Trinajstić information content (AvgIpc) is 3.02. The molecule has 0 aliphatic rings. The van der Waals surface area contributed by atoms with E-state index < -0.39 is 0 Å². The first kappa shape index (κ1) is 30.1. The molecule has 0 amide bonds. The van der Waals surface area contributed by atoms with Gasteiger partial charge in [0.2, 0.25) is 0 Å². The van der Waals surface area contributed by atoms with Crippen LogP contribution in [0, 0.1) is 5.92 Å². The predicted octanol–water partition coefficient (Wildman–Crippen LogP) is 8.13. The summed E-state index contributed by atoms with van der Waals surface area (Å²) in [7, 11) is 3.06. The van der Waals surface area contributed by atoms with E-state index in [1.807, 2.05) is 74.5 Å². The SMILES string of the molecule is C=C(C)C(=O)c1cc(OC)c(OCc2ccccc2)cc1-c1cc(OCc2ccccc2)c(OC)cc1C(=O)C(C)C. The van der Waals surface area contributed by atoms with Crippen LogP contribution in [-0.2, 0) is 13.2 Å². The Balaban J connectivity index is 1.92. The number of methoxy groups -OCH3 is 2. The maximum atomic E-state index is 13.6. The van der Waals surface area contributed by atoms with Crippen molar-refractivity contribution in [2.45, 2.75) is 34.0 Å². The Bertz CT molecular complexity index is 1570. The molecule has 0 aromatic heterocycles. The Morgan fingerprint density at radius 3 is 1.50 bits per heavy atom. The van der Waals surface area contributed by atoms with E-state index in [4.69, 9.17) is 18.9 Å². The normalized spacial score (nSPS) is 10.7. The van der Waals surface area contributed by atoms with Crippen LogP contribution in [0.1, 0.15) is 52.6 Å². The summed E-state index contributed by atoms with van der Waals surface area (Å²) >= 11 is 0. The Hall–Kier alpha value is -4.84. The lowest BCUT2D eigenvalue weighted by Gasteiger charge is -2.21. The molecule has 0 fully saturated rings. The molecule has 0 unspecified atom stereocenters. The second kappa shape index (κ2) is 13.7. The fraction of sp³-hybridized carbons (Fsp3) is 0.222. The van der Waals surface area contributed by atoms with Crippen molar-refractivity contribution in [3.63, 3.8) is 0 Å². The topological polar surface area (TPSA) is 71.1 Å². The van der Waals surface area contributed by atoms with Gasteiger partial charge in [-0.05, 0) is 59.0 Å². The van der Waals surface area contributed by atoms with E-state index in [9.17, 15) is 9.59 Å². The smallest absolute Gasteiger partial charge is 0.188 e. The zero-order valence-electron chi connectivity index (χ0n) is 24.7. The highest BCUT2D eigenvalue weighted by molar-refractivity contribution is 6.14. The molecule has 0 aliphatic heterocycles. The molecule has 42 heavy (non-hydrogen) atoms. The van der Waals surface area contributed by atoms with Crippen LogP contribution in [0.4, 0.5) is 0 Å². The second-order valence-electron chi connectivity index (χ2n) is 10.3. The van der Waals surface area contributed by atoms with Crippen LogP contribution in [-0.4, -0.2) is 25.8 Å². The van der Waals surface area contributed by atoms with E-state index in [0.29, 0.717) is 57.4 Å². The summed E-state index contributed by atoms with van der Waals surface area (Å²) in [5.74, 6) is 0.994. The summed E-state index contributed by atoms with van der Waals surface area (Å²) in [5.41, 5.74) is 4.06. The molecule has 4 aromatic carbocycles. The lowest BCUT2D eigenvalue weighted by Crippen LogP contribution is -2.12. The second-order valence-corrected chi connectivity index (χ2v) is 10.3. The summed E-state index contributed by atoms with van der Waals surface area (Å²) in [6.45, 7) is 9.78. The van der Waals surface area contributed by atoms with E-state index in [1.165, 1.54) is 14.2 Å². The third kappa shape index (κ3) is 6.89. The van der Waals surface area contributed by atoms with Gasteiger partial charge in [0, 0.05) is 17.0 Å². The summed E-state index contributed by atoms with van der Waals surface area (Å²) in [5, 5.41) is 0. The molecular formula is C36H36O6. The molecule has 0 heterocycles. The molecule has 0 atom stereocenters. The van der Waals surface area contributed by atoms with E-state index >= 15 is 0 Å². The summed E-state index contributed by atoms with van der Waals surface area (Å²) in [4.78, 5) is 27.1. The van der Waals surface area contributed by atoms with Crippen molar-refractivity contribution in [2.24, 2.45) is 5.92 Å². The number of carbonyl (C=O) groups excluding carboxylic acids is 2. The van der Waals surface area contributed by atoms with Gasteiger partial charge in [-0.3, -0.25) is 9.59 Å². The minimum Gasteiger partial charge on any atom is -0.493 e. The molecule has 0 saturated heterocycles. The van der Waals surface area contributed by atoms with E-state index in [0.717, 1.165) is 11.1 Å². The number of ether oxygens (including phenoxy) is 4. The Morgan fingerprint density at radius 2 is 1.10 bits per heavy atom. The van der Waals surface area contributed by atoms with Crippen LogP contribution < -0.4 is 18.9 Å². The summed E-state index contributed by atoms with van der Waals surface area (Å²) in [6.07, 6.45) is 0. The number of hydrogen-bond donors (Lipinski definition) is 0. The number of Topliss-reactive ketones (excluding diaryl/α,β-unsaturated/α-hetero) is 2. The number of carbonyl (C=O) groups is 2. The van der Waals surface area contributed by atoms with Crippen molar-refractivity contribution in [1.82, 2.24) is 0 Å². The standard InChI is InChI=1S/C36H36O6/c1-23(2)35(37)29-19-31(39-5)33(41-21-25-13-9-7-10-14-25)17-27(29)28-18-34(42-22-26-15-11-8-12-16-26)32(40-6)20-30(28)36(38)24(3)4/h7-20,24H,1,21-22H2,2-6H3. The van der Waals surface area contributed by atoms with Crippen molar-refractivity contribution >= 4 is 11.6 Å². The number of hydrogen-bond acceptors (Lipinski definition) is 6. The van der Waals surface area contributed by atoms with E-state index in [1.54, 1.807) is 31.2 Å². The van der Waals surface area contributed by atoms with Gasteiger partial charge in [0.1, 0.15) is 13.2 Å². The predicted molar refractivity (Wildman–Crippen MR) is 165 cm³/mol. The number of allylic oxidation sites excluding steroid dienone is 1. The van der Waals surface area contributed by atoms with Gasteiger partial charge in [-0.2, -0.15) is 0 Å². The monoisotopic (exact) mass is 564 g/mol.